The van der Waals surface area contributed by atoms with E-state index in [2.05, 4.69) is 10.1 Å². The average Bonchev–Trinajstić information content (AvgIpc) is 2.78. The number of halogens is 1. The van der Waals surface area contributed by atoms with Gasteiger partial charge in [0, 0.05) is 25.8 Å². The second-order valence-corrected chi connectivity index (χ2v) is 3.84. The first-order valence-electron chi connectivity index (χ1n) is 5.57. The number of methoxy groups -OCH3 is 1. The van der Waals surface area contributed by atoms with Gasteiger partial charge in [-0.15, -0.1) is 0 Å². The third-order valence-electron chi connectivity index (χ3n) is 2.46. The molecule has 1 aromatic carbocycles. The fourth-order valence-electron chi connectivity index (χ4n) is 1.57. The fraction of sp³-hybridized carbons (Fsp3) is 0.333. The summed E-state index contributed by atoms with van der Waals surface area (Å²) in [5.74, 6) is 0.502. The van der Waals surface area contributed by atoms with E-state index in [-0.39, 0.29) is 5.69 Å². The highest BCUT2D eigenvalue weighted by atomic mass is 19.1. The summed E-state index contributed by atoms with van der Waals surface area (Å²) in [4.78, 5) is 4.21. The Kier molecular flexibility index (Phi) is 3.88. The number of nitrogen functional groups attached to an aromatic ring is 1. The number of hydrogen-bond donors (Lipinski definition) is 1. The number of ether oxygens (including phenoxy) is 1. The molecule has 1 aromatic heterocycles. The van der Waals surface area contributed by atoms with Crippen LogP contribution in [0.25, 0.3) is 11.5 Å². The molecule has 0 aliphatic heterocycles. The molecule has 0 atom stereocenters. The quantitative estimate of drug-likeness (QED) is 0.650. The molecule has 6 heteroatoms. The Morgan fingerprint density at radius 1 is 1.44 bits per heavy atom. The largest absolute Gasteiger partial charge is 0.398 e. The van der Waals surface area contributed by atoms with E-state index < -0.39 is 5.82 Å². The van der Waals surface area contributed by atoms with Crippen LogP contribution in [-0.4, -0.2) is 23.9 Å². The van der Waals surface area contributed by atoms with Crippen molar-refractivity contribution in [1.82, 2.24) is 10.1 Å². The molecule has 1 heterocycles. The summed E-state index contributed by atoms with van der Waals surface area (Å²) < 4.78 is 23.0. The molecule has 0 fully saturated rings. The molecule has 2 rings (SSSR count). The zero-order valence-corrected chi connectivity index (χ0v) is 10.0. The van der Waals surface area contributed by atoms with Crippen LogP contribution in [-0.2, 0) is 11.2 Å². The second-order valence-electron chi connectivity index (χ2n) is 3.84. The zero-order chi connectivity index (χ0) is 13.0. The molecule has 0 radical (unpaired) electrons. The zero-order valence-electron chi connectivity index (χ0n) is 10.0. The molecule has 0 saturated carbocycles. The topological polar surface area (TPSA) is 74.2 Å². The number of rotatable bonds is 5. The van der Waals surface area contributed by atoms with Crippen molar-refractivity contribution in [2.75, 3.05) is 19.5 Å². The number of hydrogen-bond acceptors (Lipinski definition) is 5. The van der Waals surface area contributed by atoms with Crippen molar-refractivity contribution >= 4 is 5.69 Å². The summed E-state index contributed by atoms with van der Waals surface area (Å²) in [6.45, 7) is 0.641. The summed E-state index contributed by atoms with van der Waals surface area (Å²) in [7, 11) is 1.64. The third-order valence-corrected chi connectivity index (χ3v) is 2.46. The number of nitrogens with two attached hydrogens (primary N) is 1. The van der Waals surface area contributed by atoms with Crippen LogP contribution in [0.3, 0.4) is 0 Å². The lowest BCUT2D eigenvalue weighted by molar-refractivity contribution is 0.194. The molecule has 96 valence electrons. The van der Waals surface area contributed by atoms with Crippen molar-refractivity contribution in [2.45, 2.75) is 12.8 Å². The van der Waals surface area contributed by atoms with Crippen LogP contribution in [0.1, 0.15) is 12.2 Å². The Labute approximate surface area is 104 Å². The minimum absolute atomic E-state index is 0.280. The van der Waals surface area contributed by atoms with Gasteiger partial charge < -0.3 is 15.0 Å². The van der Waals surface area contributed by atoms with Crippen molar-refractivity contribution in [2.24, 2.45) is 0 Å². The molecule has 18 heavy (non-hydrogen) atoms. The van der Waals surface area contributed by atoms with E-state index in [1.54, 1.807) is 7.11 Å². The monoisotopic (exact) mass is 251 g/mol. The molecule has 0 aliphatic rings. The predicted molar refractivity (Wildman–Crippen MR) is 64.3 cm³/mol. The Morgan fingerprint density at radius 2 is 2.28 bits per heavy atom. The van der Waals surface area contributed by atoms with E-state index >= 15 is 0 Å². The summed E-state index contributed by atoms with van der Waals surface area (Å²) in [6.07, 6.45) is 1.48. The minimum Gasteiger partial charge on any atom is -0.398 e. The van der Waals surface area contributed by atoms with Gasteiger partial charge in [-0.3, -0.25) is 0 Å². The second kappa shape index (κ2) is 5.59. The molecule has 2 N–H and O–H groups in total. The SMILES string of the molecule is COCCCc1noc(-c2ccc(F)cc2N)n1. The van der Waals surface area contributed by atoms with E-state index in [0.29, 0.717) is 30.3 Å². The molecule has 0 spiro atoms. The maximum Gasteiger partial charge on any atom is 0.260 e. The molecule has 0 saturated heterocycles. The maximum atomic E-state index is 12.9. The smallest absolute Gasteiger partial charge is 0.260 e. The van der Waals surface area contributed by atoms with Gasteiger partial charge in [0.25, 0.3) is 5.89 Å². The van der Waals surface area contributed by atoms with Gasteiger partial charge >= 0.3 is 0 Å². The molecule has 0 amide bonds. The van der Waals surface area contributed by atoms with Crippen LogP contribution in [0, 0.1) is 5.82 Å². The minimum atomic E-state index is -0.393. The van der Waals surface area contributed by atoms with E-state index in [4.69, 9.17) is 15.0 Å². The Morgan fingerprint density at radius 3 is 3.00 bits per heavy atom. The van der Waals surface area contributed by atoms with E-state index in [1.165, 1.54) is 18.2 Å². The molecular formula is C12H14FN3O2. The Hall–Kier alpha value is -1.95. The lowest BCUT2D eigenvalue weighted by atomic mass is 10.2. The first-order chi connectivity index (χ1) is 8.70. The van der Waals surface area contributed by atoms with Crippen LogP contribution < -0.4 is 5.73 Å². The lowest BCUT2D eigenvalue weighted by Gasteiger charge is -1.99. The van der Waals surface area contributed by atoms with Crippen LogP contribution in [0.2, 0.25) is 0 Å². The Balaban J connectivity index is 2.13. The highest BCUT2D eigenvalue weighted by molar-refractivity contribution is 5.70. The van der Waals surface area contributed by atoms with Crippen molar-refractivity contribution in [3.05, 3.63) is 29.8 Å². The van der Waals surface area contributed by atoms with Gasteiger partial charge in [0.1, 0.15) is 5.82 Å². The van der Waals surface area contributed by atoms with Crippen molar-refractivity contribution in [3.63, 3.8) is 0 Å². The van der Waals surface area contributed by atoms with Gasteiger partial charge in [0.05, 0.1) is 5.56 Å². The molecule has 0 unspecified atom stereocenters. The van der Waals surface area contributed by atoms with Crippen LogP contribution in [0.5, 0.6) is 0 Å². The summed E-state index contributed by atoms with van der Waals surface area (Å²) >= 11 is 0. The van der Waals surface area contributed by atoms with Crippen LogP contribution in [0.4, 0.5) is 10.1 Å². The normalized spacial score (nSPS) is 10.8. The molecule has 0 bridgehead atoms. The molecule has 0 aliphatic carbocycles. The summed E-state index contributed by atoms with van der Waals surface area (Å²) in [5, 5.41) is 3.84. The average molecular weight is 251 g/mol. The van der Waals surface area contributed by atoms with Gasteiger partial charge in [-0.05, 0) is 24.6 Å². The summed E-state index contributed by atoms with van der Waals surface area (Å²) in [5.41, 5.74) is 6.52. The standard InChI is InChI=1S/C12H14FN3O2/c1-17-6-2-3-11-15-12(18-16-11)9-5-4-8(13)7-10(9)14/h4-5,7H,2-3,6,14H2,1H3. The first-order valence-corrected chi connectivity index (χ1v) is 5.57. The van der Waals surface area contributed by atoms with Gasteiger partial charge in [-0.25, -0.2) is 4.39 Å². The molecule has 2 aromatic rings. The first kappa shape index (κ1) is 12.5. The fourth-order valence-corrected chi connectivity index (χ4v) is 1.57. The van der Waals surface area contributed by atoms with Gasteiger partial charge in [0.15, 0.2) is 5.82 Å². The Bertz CT molecular complexity index is 528. The van der Waals surface area contributed by atoms with Crippen LogP contribution in [0.15, 0.2) is 22.7 Å². The number of nitrogens with zero attached hydrogens (tertiary/aromatic N) is 2. The van der Waals surface area contributed by atoms with Crippen molar-refractivity contribution in [1.29, 1.82) is 0 Å². The van der Waals surface area contributed by atoms with Gasteiger partial charge in [-0.2, -0.15) is 4.98 Å². The van der Waals surface area contributed by atoms with Crippen molar-refractivity contribution in [3.8, 4) is 11.5 Å². The lowest BCUT2D eigenvalue weighted by Crippen LogP contribution is -1.95. The van der Waals surface area contributed by atoms with E-state index in [0.717, 1.165) is 6.42 Å². The van der Waals surface area contributed by atoms with Gasteiger partial charge in [0.2, 0.25) is 0 Å². The third kappa shape index (κ3) is 2.84. The predicted octanol–water partition coefficient (Wildman–Crippen LogP) is 2.04. The van der Waals surface area contributed by atoms with E-state index in [1.807, 2.05) is 0 Å². The number of anilines is 1. The van der Waals surface area contributed by atoms with E-state index in [9.17, 15) is 4.39 Å². The highest BCUT2D eigenvalue weighted by Gasteiger charge is 2.12. The van der Waals surface area contributed by atoms with Gasteiger partial charge in [-0.1, -0.05) is 5.16 Å². The molecular weight excluding hydrogens is 237 g/mol. The molecule has 5 nitrogen and oxygen atoms in total. The number of aromatic nitrogens is 2. The highest BCUT2D eigenvalue weighted by Crippen LogP contribution is 2.24. The van der Waals surface area contributed by atoms with Crippen molar-refractivity contribution < 1.29 is 13.7 Å². The summed E-state index contributed by atoms with van der Waals surface area (Å²) in [6, 6.07) is 4.06. The maximum absolute atomic E-state index is 12.9. The number of aryl methyl sites for hydroxylation is 1. The number of benzene rings is 1. The van der Waals surface area contributed by atoms with Crippen LogP contribution >= 0.6 is 0 Å².